The normalized spacial score (nSPS) is 17.6. The number of nitrogens with one attached hydrogen (secondary N) is 1. The third-order valence-corrected chi connectivity index (χ3v) is 7.97. The van der Waals surface area contributed by atoms with Gasteiger partial charge in [0.05, 0.1) is 22.5 Å². The van der Waals surface area contributed by atoms with Crippen LogP contribution in [-0.2, 0) is 16.6 Å². The van der Waals surface area contributed by atoms with Crippen molar-refractivity contribution >= 4 is 20.9 Å². The first kappa shape index (κ1) is 20.2. The molecule has 2 aliphatic rings. The summed E-state index contributed by atoms with van der Waals surface area (Å²) in [6.45, 7) is 4.81. The van der Waals surface area contributed by atoms with E-state index in [4.69, 9.17) is 0 Å². The summed E-state index contributed by atoms with van der Waals surface area (Å²) < 4.78 is 30.4. The average Bonchev–Trinajstić information content (AvgIpc) is 3.65. The zero-order valence-electron chi connectivity index (χ0n) is 17.8. The van der Waals surface area contributed by atoms with Gasteiger partial charge in [-0.2, -0.15) is 5.26 Å². The number of sulfonamides is 1. The third kappa shape index (κ3) is 3.86. The Kier molecular flexibility index (Phi) is 4.87. The Bertz CT molecular complexity index is 1290. The summed E-state index contributed by atoms with van der Waals surface area (Å²) >= 11 is 0. The monoisotopic (exact) mass is 434 g/mol. The van der Waals surface area contributed by atoms with E-state index in [9.17, 15) is 13.7 Å². The van der Waals surface area contributed by atoms with E-state index in [1.807, 2.05) is 26.0 Å². The molecule has 0 amide bonds. The summed E-state index contributed by atoms with van der Waals surface area (Å²) in [6, 6.07) is 11.7. The first-order chi connectivity index (χ1) is 14.9. The van der Waals surface area contributed by atoms with Crippen molar-refractivity contribution in [2.45, 2.75) is 57.0 Å². The zero-order valence-corrected chi connectivity index (χ0v) is 18.6. The molecule has 0 bridgehead atoms. The molecule has 2 heterocycles. The number of nitrogens with zero attached hydrogens (tertiary/aromatic N) is 3. The molecule has 160 valence electrons. The van der Waals surface area contributed by atoms with Gasteiger partial charge in [-0.1, -0.05) is 12.1 Å². The summed E-state index contributed by atoms with van der Waals surface area (Å²) in [5.74, 6) is 1.05. The summed E-state index contributed by atoms with van der Waals surface area (Å²) in [7, 11) is -3.61. The zero-order chi connectivity index (χ0) is 21.8. The van der Waals surface area contributed by atoms with Crippen molar-refractivity contribution in [2.75, 3.05) is 0 Å². The van der Waals surface area contributed by atoms with Crippen molar-refractivity contribution in [3.63, 3.8) is 0 Å². The molecule has 6 nitrogen and oxygen atoms in total. The van der Waals surface area contributed by atoms with Gasteiger partial charge in [0.1, 0.15) is 11.0 Å². The van der Waals surface area contributed by atoms with Crippen LogP contribution in [0.5, 0.6) is 0 Å². The summed E-state index contributed by atoms with van der Waals surface area (Å²) in [6.07, 6.45) is 5.94. The highest BCUT2D eigenvalue weighted by Gasteiger charge is 2.31. The molecule has 0 radical (unpaired) electrons. The molecule has 3 aromatic rings. The van der Waals surface area contributed by atoms with Crippen LogP contribution < -0.4 is 4.72 Å². The second kappa shape index (κ2) is 7.47. The predicted octanol–water partition coefficient (Wildman–Crippen LogP) is 4.37. The Morgan fingerprint density at radius 2 is 2.00 bits per heavy atom. The van der Waals surface area contributed by atoms with E-state index >= 15 is 0 Å². The highest BCUT2D eigenvalue weighted by molar-refractivity contribution is 7.89. The van der Waals surface area contributed by atoms with Gasteiger partial charge < -0.3 is 4.57 Å². The molecule has 0 aliphatic heterocycles. The minimum atomic E-state index is -3.61. The minimum Gasteiger partial charge on any atom is -0.338 e. The molecule has 0 spiro atoms. The van der Waals surface area contributed by atoms with Gasteiger partial charge in [0.25, 0.3) is 0 Å². The molecule has 1 atom stereocenters. The lowest BCUT2D eigenvalue weighted by Gasteiger charge is -2.14. The van der Waals surface area contributed by atoms with Crippen LogP contribution in [0.15, 0.2) is 41.4 Å². The van der Waals surface area contributed by atoms with Crippen molar-refractivity contribution in [1.29, 1.82) is 5.26 Å². The standard InChI is InChI=1S/C24H26N4O2S/c1-15-3-9-20-21(12-25)24(28(23(20)11-15)14-17-4-5-17)22-10-8-19(13-26-22)31(29,30)27-16(2)18-6-7-18/h3,8-11,13,16-18,27H,4-7,14H2,1-2H3/t16-/m0/s1. The Morgan fingerprint density at radius 1 is 1.23 bits per heavy atom. The molecule has 2 saturated carbocycles. The topological polar surface area (TPSA) is 87.8 Å². The van der Waals surface area contributed by atoms with Gasteiger partial charge in [0.2, 0.25) is 10.0 Å². The molecule has 1 N–H and O–H groups in total. The lowest BCUT2D eigenvalue weighted by atomic mass is 10.1. The number of benzene rings is 1. The van der Waals surface area contributed by atoms with Crippen molar-refractivity contribution in [2.24, 2.45) is 11.8 Å². The number of aryl methyl sites for hydroxylation is 1. The molecular formula is C24H26N4O2S. The van der Waals surface area contributed by atoms with E-state index in [0.29, 0.717) is 23.1 Å². The maximum absolute atomic E-state index is 12.7. The number of hydrogen-bond donors (Lipinski definition) is 1. The van der Waals surface area contributed by atoms with Crippen LogP contribution in [0.3, 0.4) is 0 Å². The maximum Gasteiger partial charge on any atom is 0.242 e. The molecule has 1 aromatic carbocycles. The van der Waals surface area contributed by atoms with Crippen LogP contribution in [0.2, 0.25) is 0 Å². The number of aromatic nitrogens is 2. The number of fused-ring (bicyclic) bond motifs is 1. The number of hydrogen-bond acceptors (Lipinski definition) is 4. The van der Waals surface area contributed by atoms with Crippen LogP contribution in [0.25, 0.3) is 22.3 Å². The van der Waals surface area contributed by atoms with Crippen LogP contribution in [-0.4, -0.2) is 24.0 Å². The van der Waals surface area contributed by atoms with Gasteiger partial charge >= 0.3 is 0 Å². The van der Waals surface area contributed by atoms with Crippen molar-refractivity contribution in [1.82, 2.24) is 14.3 Å². The van der Waals surface area contributed by atoms with Crippen molar-refractivity contribution in [3.05, 3.63) is 47.7 Å². The van der Waals surface area contributed by atoms with Crippen LogP contribution in [0, 0.1) is 30.1 Å². The Morgan fingerprint density at radius 3 is 2.61 bits per heavy atom. The van der Waals surface area contributed by atoms with Gasteiger partial charge in [-0.3, -0.25) is 4.98 Å². The second-order valence-corrected chi connectivity index (χ2v) is 10.8. The van der Waals surface area contributed by atoms with Crippen molar-refractivity contribution in [3.8, 4) is 17.5 Å². The van der Waals surface area contributed by atoms with E-state index < -0.39 is 10.0 Å². The largest absolute Gasteiger partial charge is 0.338 e. The fourth-order valence-electron chi connectivity index (χ4n) is 4.27. The van der Waals surface area contributed by atoms with Crippen molar-refractivity contribution < 1.29 is 8.42 Å². The molecule has 5 rings (SSSR count). The van der Waals surface area contributed by atoms with Crippen LogP contribution >= 0.6 is 0 Å². The summed E-state index contributed by atoms with van der Waals surface area (Å²) in [5, 5.41) is 10.9. The molecule has 0 unspecified atom stereocenters. The SMILES string of the molecule is Cc1ccc2c(C#N)c(-c3ccc(S(=O)(=O)N[C@@H](C)C4CC4)cn3)n(CC3CC3)c2c1. The smallest absolute Gasteiger partial charge is 0.242 e. The quantitative estimate of drug-likeness (QED) is 0.598. The lowest BCUT2D eigenvalue weighted by molar-refractivity contribution is 0.538. The van der Waals surface area contributed by atoms with Gasteiger partial charge in [0.15, 0.2) is 0 Å². The van der Waals surface area contributed by atoms with Gasteiger partial charge in [-0.05, 0) is 75.1 Å². The van der Waals surface area contributed by atoms with E-state index in [1.54, 1.807) is 12.1 Å². The van der Waals surface area contributed by atoms with Gasteiger partial charge in [-0.15, -0.1) is 0 Å². The molecular weight excluding hydrogens is 408 g/mol. The highest BCUT2D eigenvalue weighted by Crippen LogP contribution is 2.38. The summed E-state index contributed by atoms with van der Waals surface area (Å²) in [5.41, 5.74) is 4.18. The number of pyridine rings is 1. The van der Waals surface area contributed by atoms with E-state index in [2.05, 4.69) is 26.4 Å². The molecule has 2 aromatic heterocycles. The summed E-state index contributed by atoms with van der Waals surface area (Å²) in [4.78, 5) is 4.66. The predicted molar refractivity (Wildman–Crippen MR) is 120 cm³/mol. The van der Waals surface area contributed by atoms with Gasteiger partial charge in [-0.25, -0.2) is 13.1 Å². The Hall–Kier alpha value is -2.69. The third-order valence-electron chi connectivity index (χ3n) is 6.43. The van der Waals surface area contributed by atoms with E-state index in [-0.39, 0.29) is 10.9 Å². The number of rotatable bonds is 7. The number of nitriles is 1. The van der Waals surface area contributed by atoms with E-state index in [0.717, 1.165) is 41.5 Å². The van der Waals surface area contributed by atoms with Crippen LogP contribution in [0.4, 0.5) is 0 Å². The first-order valence-electron chi connectivity index (χ1n) is 10.9. The van der Waals surface area contributed by atoms with Crippen LogP contribution in [0.1, 0.15) is 43.7 Å². The Balaban J connectivity index is 1.56. The fraction of sp³-hybridized carbons (Fsp3) is 0.417. The molecule has 2 fully saturated rings. The second-order valence-electron chi connectivity index (χ2n) is 9.04. The first-order valence-corrected chi connectivity index (χ1v) is 12.4. The fourth-order valence-corrected chi connectivity index (χ4v) is 5.53. The maximum atomic E-state index is 12.7. The lowest BCUT2D eigenvalue weighted by Crippen LogP contribution is -2.34. The molecule has 31 heavy (non-hydrogen) atoms. The van der Waals surface area contributed by atoms with Gasteiger partial charge in [0, 0.05) is 24.2 Å². The van der Waals surface area contributed by atoms with E-state index in [1.165, 1.54) is 19.0 Å². The molecule has 2 aliphatic carbocycles. The Labute approximate surface area is 183 Å². The average molecular weight is 435 g/mol. The highest BCUT2D eigenvalue weighted by atomic mass is 32.2. The minimum absolute atomic E-state index is 0.0702. The molecule has 7 heteroatoms. The molecule has 0 saturated heterocycles.